The Labute approximate surface area is 160 Å². The van der Waals surface area contributed by atoms with Crippen molar-refractivity contribution in [3.05, 3.63) is 51.6 Å². The monoisotopic (exact) mass is 382 g/mol. The van der Waals surface area contributed by atoms with Crippen molar-refractivity contribution in [3.63, 3.8) is 0 Å². The van der Waals surface area contributed by atoms with E-state index >= 15 is 0 Å². The summed E-state index contributed by atoms with van der Waals surface area (Å²) in [7, 11) is 1.44. The number of methoxy groups -OCH3 is 1. The third-order valence-corrected chi connectivity index (χ3v) is 5.63. The lowest BCUT2D eigenvalue weighted by Gasteiger charge is -2.29. The van der Waals surface area contributed by atoms with Crippen LogP contribution in [0, 0.1) is 5.92 Å². The maximum absolute atomic E-state index is 13.0. The molecule has 1 atom stereocenters. The molecule has 0 aromatic heterocycles. The van der Waals surface area contributed by atoms with E-state index in [1.807, 2.05) is 0 Å². The highest BCUT2D eigenvalue weighted by molar-refractivity contribution is 6.30. The van der Waals surface area contributed by atoms with Crippen LogP contribution < -0.4 is 4.74 Å². The molecule has 1 unspecified atom stereocenters. The van der Waals surface area contributed by atoms with Gasteiger partial charge in [0.1, 0.15) is 23.9 Å². The summed E-state index contributed by atoms with van der Waals surface area (Å²) in [5, 5.41) is 30.7. The summed E-state index contributed by atoms with van der Waals surface area (Å²) >= 11 is 0. The lowest BCUT2D eigenvalue weighted by molar-refractivity contribution is -0.125. The number of aliphatic hydroxyl groups excluding tert-OH is 1. The number of carbonyl (C=O) groups is 3. The molecule has 2 aliphatic carbocycles. The number of benzene rings is 2. The number of ketones is 3. The van der Waals surface area contributed by atoms with Crippen LogP contribution in [0.15, 0.2) is 18.2 Å². The molecule has 144 valence electrons. The van der Waals surface area contributed by atoms with Gasteiger partial charge in [-0.1, -0.05) is 0 Å². The molecule has 0 fully saturated rings. The van der Waals surface area contributed by atoms with Gasteiger partial charge in [-0.3, -0.25) is 14.4 Å². The van der Waals surface area contributed by atoms with Crippen molar-refractivity contribution in [1.29, 1.82) is 0 Å². The standard InChI is InChI=1S/C21H18O7/c1-28-10-3-5-12-14(7-10)21(27)17-16(19(12)25)20(26)13-6-9(15(23)8-22)2-4-11(13)18(17)24/h3,5,7,9,22,24,26H,2,4,6,8H2,1H3. The highest BCUT2D eigenvalue weighted by Gasteiger charge is 2.39. The van der Waals surface area contributed by atoms with Crippen molar-refractivity contribution in [2.24, 2.45) is 5.92 Å². The zero-order chi connectivity index (χ0) is 20.2. The van der Waals surface area contributed by atoms with Crippen LogP contribution in [0.5, 0.6) is 17.2 Å². The Morgan fingerprint density at radius 3 is 2.36 bits per heavy atom. The van der Waals surface area contributed by atoms with Gasteiger partial charge in [0.15, 0.2) is 17.3 Å². The first-order valence-electron chi connectivity index (χ1n) is 8.89. The molecule has 0 spiro atoms. The van der Waals surface area contributed by atoms with E-state index in [1.54, 1.807) is 6.07 Å². The number of fused-ring (bicyclic) bond motifs is 3. The molecule has 0 aliphatic heterocycles. The molecule has 2 aromatic rings. The minimum atomic E-state index is -0.607. The summed E-state index contributed by atoms with van der Waals surface area (Å²) in [5.74, 6) is -2.31. The third-order valence-electron chi connectivity index (χ3n) is 5.63. The summed E-state index contributed by atoms with van der Waals surface area (Å²) in [5.41, 5.74) is 0.422. The van der Waals surface area contributed by atoms with Gasteiger partial charge in [0.25, 0.3) is 0 Å². The maximum atomic E-state index is 13.0. The predicted octanol–water partition coefficient (Wildman–Crippen LogP) is 1.55. The fraction of sp³-hybridized carbons (Fsp3) is 0.286. The second-order valence-corrected chi connectivity index (χ2v) is 7.04. The van der Waals surface area contributed by atoms with Crippen LogP contribution in [-0.2, 0) is 17.6 Å². The van der Waals surface area contributed by atoms with Crippen molar-refractivity contribution in [2.45, 2.75) is 19.3 Å². The van der Waals surface area contributed by atoms with Gasteiger partial charge in [0, 0.05) is 28.2 Å². The van der Waals surface area contributed by atoms with Crippen molar-refractivity contribution in [1.82, 2.24) is 0 Å². The van der Waals surface area contributed by atoms with Gasteiger partial charge in [-0.25, -0.2) is 0 Å². The van der Waals surface area contributed by atoms with E-state index in [1.165, 1.54) is 19.2 Å². The Hall–Kier alpha value is -3.19. The summed E-state index contributed by atoms with van der Waals surface area (Å²) in [6.07, 6.45) is 0.730. The van der Waals surface area contributed by atoms with E-state index in [0.29, 0.717) is 17.7 Å². The average molecular weight is 382 g/mol. The summed E-state index contributed by atoms with van der Waals surface area (Å²) < 4.78 is 5.11. The number of carbonyl (C=O) groups excluding carboxylic acids is 3. The number of Topliss-reactive ketones (excluding diaryl/α,β-unsaturated/α-hetero) is 1. The number of aliphatic hydroxyl groups is 1. The van der Waals surface area contributed by atoms with Gasteiger partial charge in [0.2, 0.25) is 0 Å². The molecule has 0 saturated heterocycles. The lowest BCUT2D eigenvalue weighted by atomic mass is 9.75. The van der Waals surface area contributed by atoms with Crippen molar-refractivity contribution in [3.8, 4) is 17.2 Å². The van der Waals surface area contributed by atoms with Crippen LogP contribution in [0.3, 0.4) is 0 Å². The maximum Gasteiger partial charge on any atom is 0.198 e. The van der Waals surface area contributed by atoms with Crippen molar-refractivity contribution in [2.75, 3.05) is 13.7 Å². The smallest absolute Gasteiger partial charge is 0.198 e. The molecule has 0 amide bonds. The largest absolute Gasteiger partial charge is 0.507 e. The number of aromatic hydroxyl groups is 2. The molecule has 2 aliphatic rings. The van der Waals surface area contributed by atoms with Crippen LogP contribution in [0.2, 0.25) is 0 Å². The molecule has 7 nitrogen and oxygen atoms in total. The minimum Gasteiger partial charge on any atom is -0.507 e. The van der Waals surface area contributed by atoms with E-state index in [4.69, 9.17) is 9.84 Å². The first-order chi connectivity index (χ1) is 13.4. The molecular weight excluding hydrogens is 364 g/mol. The van der Waals surface area contributed by atoms with Crippen LogP contribution in [0.25, 0.3) is 0 Å². The van der Waals surface area contributed by atoms with Gasteiger partial charge in [0.05, 0.1) is 18.2 Å². The number of rotatable bonds is 3. The van der Waals surface area contributed by atoms with Crippen molar-refractivity contribution >= 4 is 17.3 Å². The van der Waals surface area contributed by atoms with Crippen LogP contribution in [-0.4, -0.2) is 46.4 Å². The topological polar surface area (TPSA) is 121 Å². The predicted molar refractivity (Wildman–Crippen MR) is 97.2 cm³/mol. The Morgan fingerprint density at radius 1 is 1.07 bits per heavy atom. The summed E-state index contributed by atoms with van der Waals surface area (Å²) in [6.45, 7) is -0.607. The number of phenols is 2. The fourth-order valence-corrected chi connectivity index (χ4v) is 4.13. The number of hydrogen-bond acceptors (Lipinski definition) is 7. The number of ether oxygens (including phenoxy) is 1. The summed E-state index contributed by atoms with van der Waals surface area (Å²) in [6, 6.07) is 4.43. The van der Waals surface area contributed by atoms with E-state index in [9.17, 15) is 24.6 Å². The molecule has 4 rings (SSSR count). The highest BCUT2D eigenvalue weighted by atomic mass is 16.5. The zero-order valence-corrected chi connectivity index (χ0v) is 15.1. The van der Waals surface area contributed by atoms with E-state index in [0.717, 1.165) is 0 Å². The molecule has 0 heterocycles. The van der Waals surface area contributed by atoms with Crippen LogP contribution in [0.4, 0.5) is 0 Å². The molecule has 0 radical (unpaired) electrons. The second-order valence-electron chi connectivity index (χ2n) is 7.04. The molecule has 28 heavy (non-hydrogen) atoms. The molecule has 0 saturated carbocycles. The first kappa shape index (κ1) is 18.2. The minimum absolute atomic E-state index is 0.0956. The van der Waals surface area contributed by atoms with Crippen molar-refractivity contribution < 1.29 is 34.4 Å². The van der Waals surface area contributed by atoms with Crippen LogP contribution >= 0.6 is 0 Å². The van der Waals surface area contributed by atoms with Gasteiger partial charge >= 0.3 is 0 Å². The normalized spacial score (nSPS) is 17.6. The Bertz CT molecular complexity index is 1050. The third kappa shape index (κ3) is 2.43. The Kier molecular flexibility index (Phi) is 4.19. The van der Waals surface area contributed by atoms with E-state index in [-0.39, 0.29) is 57.9 Å². The van der Waals surface area contributed by atoms with Gasteiger partial charge < -0.3 is 20.1 Å². The Morgan fingerprint density at radius 2 is 1.71 bits per heavy atom. The van der Waals surface area contributed by atoms with Gasteiger partial charge in [-0.15, -0.1) is 0 Å². The lowest BCUT2D eigenvalue weighted by Crippen LogP contribution is -2.28. The van der Waals surface area contributed by atoms with E-state index in [2.05, 4.69) is 0 Å². The molecule has 2 aromatic carbocycles. The molecule has 7 heteroatoms. The fourth-order valence-electron chi connectivity index (χ4n) is 4.13. The highest BCUT2D eigenvalue weighted by Crippen LogP contribution is 2.46. The van der Waals surface area contributed by atoms with Crippen LogP contribution in [0.1, 0.15) is 49.4 Å². The zero-order valence-electron chi connectivity index (χ0n) is 15.1. The molecule has 3 N–H and O–H groups in total. The second kappa shape index (κ2) is 6.45. The van der Waals surface area contributed by atoms with Gasteiger partial charge in [-0.2, -0.15) is 0 Å². The number of hydrogen-bond donors (Lipinski definition) is 3. The SMILES string of the molecule is COc1ccc2c(c1)C(=O)c1c(O)c3c(c(O)c1C2=O)CC(C(=O)CO)CC3. The molecular formula is C21H18O7. The summed E-state index contributed by atoms with van der Waals surface area (Å²) in [4.78, 5) is 37.9. The quantitative estimate of drug-likeness (QED) is 0.588. The average Bonchev–Trinajstić information content (AvgIpc) is 2.73. The molecule has 0 bridgehead atoms. The Balaban J connectivity index is 1.92. The first-order valence-corrected chi connectivity index (χ1v) is 8.89. The van der Waals surface area contributed by atoms with Gasteiger partial charge in [-0.05, 0) is 37.5 Å². The number of phenolic OH excluding ortho intramolecular Hbond substituents is 2. The van der Waals surface area contributed by atoms with E-state index < -0.39 is 24.1 Å².